The maximum atomic E-state index is 12.3. The highest BCUT2D eigenvalue weighted by molar-refractivity contribution is 7.10. The van der Waals surface area contributed by atoms with E-state index in [9.17, 15) is 14.7 Å². The van der Waals surface area contributed by atoms with Crippen molar-refractivity contribution >= 4 is 34.2 Å². The molecule has 0 bridgehead atoms. The monoisotopic (exact) mass is 290 g/mol. The third-order valence-corrected chi connectivity index (χ3v) is 3.65. The number of aromatic nitrogens is 2. The van der Waals surface area contributed by atoms with Crippen LogP contribution in [-0.2, 0) is 11.2 Å². The Morgan fingerprint density at radius 3 is 2.90 bits per heavy atom. The number of nitrogens with one attached hydrogen (secondary N) is 1. The van der Waals surface area contributed by atoms with Crippen LogP contribution >= 0.6 is 11.5 Å². The minimum Gasteiger partial charge on any atom is -0.480 e. The van der Waals surface area contributed by atoms with Crippen molar-refractivity contribution in [3.05, 3.63) is 36.0 Å². The summed E-state index contributed by atoms with van der Waals surface area (Å²) in [7, 11) is 0. The van der Waals surface area contributed by atoms with Gasteiger partial charge < -0.3 is 5.11 Å². The van der Waals surface area contributed by atoms with Crippen molar-refractivity contribution in [1.82, 2.24) is 9.59 Å². The molecule has 1 aromatic heterocycles. The minimum atomic E-state index is -1.03. The Morgan fingerprint density at radius 2 is 2.20 bits per heavy atom. The van der Waals surface area contributed by atoms with Crippen LogP contribution in [0.2, 0.25) is 0 Å². The molecule has 1 aromatic carbocycles. The van der Waals surface area contributed by atoms with Crippen molar-refractivity contribution in [2.75, 3.05) is 10.2 Å². The Bertz CT molecular complexity index is 658. The van der Waals surface area contributed by atoms with Crippen LogP contribution in [0.15, 0.2) is 30.5 Å². The van der Waals surface area contributed by atoms with E-state index in [1.807, 2.05) is 12.1 Å². The van der Waals surface area contributed by atoms with Crippen molar-refractivity contribution in [3.63, 3.8) is 0 Å². The summed E-state index contributed by atoms with van der Waals surface area (Å²) in [5.41, 5.74) is 1.47. The van der Waals surface area contributed by atoms with Crippen molar-refractivity contribution < 1.29 is 14.7 Å². The molecule has 0 radical (unpaired) electrons. The van der Waals surface area contributed by atoms with Crippen LogP contribution in [-0.4, -0.2) is 32.7 Å². The van der Waals surface area contributed by atoms with Gasteiger partial charge in [0.1, 0.15) is 11.0 Å². The summed E-state index contributed by atoms with van der Waals surface area (Å²) in [6, 6.07) is 5.78. The molecule has 0 saturated carbocycles. The van der Waals surface area contributed by atoms with Gasteiger partial charge in [-0.05, 0) is 11.6 Å². The van der Waals surface area contributed by atoms with E-state index in [4.69, 9.17) is 0 Å². The Kier molecular flexibility index (Phi) is 3.07. The Labute approximate surface area is 118 Å². The van der Waals surface area contributed by atoms with E-state index in [1.54, 1.807) is 12.1 Å². The summed E-state index contributed by atoms with van der Waals surface area (Å²) in [6.07, 6.45) is 1.72. The van der Waals surface area contributed by atoms with Crippen molar-refractivity contribution in [3.8, 4) is 0 Å². The second kappa shape index (κ2) is 4.89. The smallest absolute Gasteiger partial charge is 0.327 e. The van der Waals surface area contributed by atoms with E-state index >= 15 is 0 Å². The lowest BCUT2D eigenvalue weighted by molar-refractivity contribution is -0.138. The molecule has 1 unspecified atom stereocenters. The van der Waals surface area contributed by atoms with Gasteiger partial charge in [0.15, 0.2) is 0 Å². The molecule has 2 heterocycles. The number of nitrogens with zero attached hydrogens (tertiary/aromatic N) is 3. The molecule has 20 heavy (non-hydrogen) atoms. The fourth-order valence-corrected chi connectivity index (χ4v) is 2.63. The van der Waals surface area contributed by atoms with Gasteiger partial charge in [0.2, 0.25) is 0 Å². The summed E-state index contributed by atoms with van der Waals surface area (Å²) in [6.45, 7) is 0. The Morgan fingerprint density at radius 1 is 1.40 bits per heavy atom. The molecular formula is C12H10N4O3S. The van der Waals surface area contributed by atoms with Crippen molar-refractivity contribution in [2.45, 2.75) is 12.5 Å². The molecule has 2 aromatic rings. The second-order valence-corrected chi connectivity index (χ2v) is 5.05. The lowest BCUT2D eigenvalue weighted by Crippen LogP contribution is -2.45. The quantitative estimate of drug-likeness (QED) is 0.875. The number of hydrogen-bond donors (Lipinski definition) is 2. The highest BCUT2D eigenvalue weighted by Crippen LogP contribution is 2.32. The standard InChI is InChI=1S/C12H10N4O3S/c17-11(18)9-5-7-3-1-2-4-8(7)16(9)12(19)14-10-6-13-15-20-10/h1-4,6,9H,5H2,(H,14,19)(H,17,18). The molecule has 0 aliphatic carbocycles. The summed E-state index contributed by atoms with van der Waals surface area (Å²) in [5, 5.41) is 16.0. The first-order valence-electron chi connectivity index (χ1n) is 5.85. The van der Waals surface area contributed by atoms with Gasteiger partial charge in [-0.2, -0.15) is 0 Å². The van der Waals surface area contributed by atoms with Gasteiger partial charge in [-0.15, -0.1) is 5.10 Å². The number of carboxylic acid groups (broad SMARTS) is 1. The van der Waals surface area contributed by atoms with E-state index in [0.717, 1.165) is 17.1 Å². The number of carbonyl (C=O) groups excluding carboxylic acids is 1. The number of anilines is 2. The number of para-hydroxylation sites is 1. The minimum absolute atomic E-state index is 0.305. The van der Waals surface area contributed by atoms with Gasteiger partial charge in [-0.3, -0.25) is 10.2 Å². The first kappa shape index (κ1) is 12.5. The van der Waals surface area contributed by atoms with Crippen LogP contribution in [0.25, 0.3) is 0 Å². The molecule has 7 nitrogen and oxygen atoms in total. The van der Waals surface area contributed by atoms with E-state index < -0.39 is 18.0 Å². The van der Waals surface area contributed by atoms with Gasteiger partial charge >= 0.3 is 12.0 Å². The summed E-state index contributed by atoms with van der Waals surface area (Å²) in [4.78, 5) is 24.9. The average molecular weight is 290 g/mol. The molecule has 0 saturated heterocycles. The third kappa shape index (κ3) is 2.10. The average Bonchev–Trinajstić information content (AvgIpc) is 3.04. The first-order chi connectivity index (χ1) is 9.66. The molecule has 0 spiro atoms. The van der Waals surface area contributed by atoms with E-state index in [1.165, 1.54) is 11.1 Å². The number of urea groups is 1. The van der Waals surface area contributed by atoms with Crippen LogP contribution in [0.5, 0.6) is 0 Å². The topological polar surface area (TPSA) is 95.4 Å². The van der Waals surface area contributed by atoms with Gasteiger partial charge in [0, 0.05) is 23.6 Å². The number of benzene rings is 1. The van der Waals surface area contributed by atoms with Gasteiger partial charge in [-0.1, -0.05) is 22.7 Å². The molecule has 0 fully saturated rings. The second-order valence-electron chi connectivity index (χ2n) is 4.27. The fraction of sp³-hybridized carbons (Fsp3) is 0.167. The van der Waals surface area contributed by atoms with Gasteiger partial charge in [-0.25, -0.2) is 9.59 Å². The van der Waals surface area contributed by atoms with Crippen molar-refractivity contribution in [1.29, 1.82) is 0 Å². The number of carbonyl (C=O) groups is 2. The lowest BCUT2D eigenvalue weighted by atomic mass is 10.1. The summed E-state index contributed by atoms with van der Waals surface area (Å²) < 4.78 is 3.64. The highest BCUT2D eigenvalue weighted by Gasteiger charge is 2.38. The zero-order valence-corrected chi connectivity index (χ0v) is 11.0. The Balaban J connectivity index is 1.92. The number of carboxylic acids is 1. The SMILES string of the molecule is O=C(O)C1Cc2ccccc2N1C(=O)Nc1cnns1. The fourth-order valence-electron chi connectivity index (χ4n) is 2.22. The zero-order chi connectivity index (χ0) is 14.1. The predicted molar refractivity (Wildman–Crippen MR) is 73.0 cm³/mol. The lowest BCUT2D eigenvalue weighted by Gasteiger charge is -2.22. The molecule has 1 aliphatic heterocycles. The van der Waals surface area contributed by atoms with E-state index in [0.29, 0.717) is 17.1 Å². The van der Waals surface area contributed by atoms with Gasteiger partial charge in [0.25, 0.3) is 0 Å². The van der Waals surface area contributed by atoms with E-state index in [-0.39, 0.29) is 0 Å². The summed E-state index contributed by atoms with van der Waals surface area (Å²) >= 11 is 1.03. The molecular weight excluding hydrogens is 280 g/mol. The molecule has 3 rings (SSSR count). The van der Waals surface area contributed by atoms with Crippen LogP contribution in [0.4, 0.5) is 15.5 Å². The number of hydrogen-bond acceptors (Lipinski definition) is 5. The third-order valence-electron chi connectivity index (χ3n) is 3.07. The van der Waals surface area contributed by atoms with Crippen LogP contribution in [0.3, 0.4) is 0 Å². The first-order valence-corrected chi connectivity index (χ1v) is 6.62. The predicted octanol–water partition coefficient (Wildman–Crippen LogP) is 1.59. The molecule has 1 aliphatic rings. The van der Waals surface area contributed by atoms with Crippen LogP contribution in [0.1, 0.15) is 5.56 Å². The number of aliphatic carboxylic acids is 1. The largest absolute Gasteiger partial charge is 0.480 e. The number of amides is 2. The molecule has 2 N–H and O–H groups in total. The Hall–Kier alpha value is -2.48. The maximum absolute atomic E-state index is 12.3. The van der Waals surface area contributed by atoms with Crippen LogP contribution in [0, 0.1) is 0 Å². The zero-order valence-electron chi connectivity index (χ0n) is 10.2. The van der Waals surface area contributed by atoms with Gasteiger partial charge in [0.05, 0.1) is 6.20 Å². The highest BCUT2D eigenvalue weighted by atomic mass is 32.1. The van der Waals surface area contributed by atoms with E-state index in [2.05, 4.69) is 14.9 Å². The normalized spacial score (nSPS) is 16.8. The number of rotatable bonds is 2. The summed E-state index contributed by atoms with van der Waals surface area (Å²) in [5.74, 6) is -1.03. The van der Waals surface area contributed by atoms with Crippen LogP contribution < -0.4 is 10.2 Å². The molecule has 8 heteroatoms. The molecule has 2 amide bonds. The molecule has 102 valence electrons. The maximum Gasteiger partial charge on any atom is 0.327 e. The molecule has 1 atom stereocenters. The van der Waals surface area contributed by atoms with Crippen molar-refractivity contribution in [2.24, 2.45) is 0 Å². The number of fused-ring (bicyclic) bond motifs is 1.